The predicted molar refractivity (Wildman–Crippen MR) is 75.3 cm³/mol. The Labute approximate surface area is 137 Å². The molecule has 5 nitrogen and oxygen atoms in total. The van der Waals surface area contributed by atoms with Gasteiger partial charge in [-0.25, -0.2) is 4.79 Å². The fraction of sp³-hybridized carbons (Fsp3) is 0.125. The molecule has 0 fully saturated rings. The van der Waals surface area contributed by atoms with E-state index in [9.17, 15) is 9.59 Å². The van der Waals surface area contributed by atoms with Gasteiger partial charge in [0, 0.05) is 6.54 Å². The molecule has 1 amide bonds. The molecule has 0 aliphatic carbocycles. The maximum atomic E-state index is 11.9. The van der Waals surface area contributed by atoms with Gasteiger partial charge in [-0.15, -0.1) is 30.3 Å². The third-order valence-electron chi connectivity index (χ3n) is 2.99. The number of carbonyl (C=O) groups excluding carboxylic acids is 1. The van der Waals surface area contributed by atoms with Crippen LogP contribution in [0.25, 0.3) is 0 Å². The van der Waals surface area contributed by atoms with E-state index in [0.29, 0.717) is 5.56 Å². The number of hydrogen-bond donors (Lipinski definition) is 2. The SMILES string of the molecule is Cc1ccc(C(=O)O)cc1CNC(=O)c1[c-]cccc1.[O]=[V]. The topological polar surface area (TPSA) is 83.5 Å². The van der Waals surface area contributed by atoms with Crippen molar-refractivity contribution >= 4 is 11.9 Å². The molecule has 0 saturated carbocycles. The molecule has 0 heterocycles. The summed E-state index contributed by atoms with van der Waals surface area (Å²) in [6, 6.07) is 14.6. The van der Waals surface area contributed by atoms with Crippen LogP contribution in [-0.4, -0.2) is 17.0 Å². The van der Waals surface area contributed by atoms with Gasteiger partial charge >= 0.3 is 27.0 Å². The van der Waals surface area contributed by atoms with Crippen molar-refractivity contribution in [3.63, 3.8) is 0 Å². The average Bonchev–Trinajstić information content (AvgIpc) is 2.56. The zero-order chi connectivity index (χ0) is 16.5. The first-order chi connectivity index (χ1) is 10.6. The van der Waals surface area contributed by atoms with Gasteiger partial charge in [0.05, 0.1) is 5.56 Å². The molecule has 0 aliphatic heterocycles. The third-order valence-corrected chi connectivity index (χ3v) is 2.99. The molecule has 0 unspecified atom stereocenters. The number of rotatable bonds is 4. The van der Waals surface area contributed by atoms with E-state index in [4.69, 9.17) is 8.78 Å². The van der Waals surface area contributed by atoms with Crippen LogP contribution in [0.4, 0.5) is 0 Å². The summed E-state index contributed by atoms with van der Waals surface area (Å²) in [6.45, 7) is 2.16. The van der Waals surface area contributed by atoms with Gasteiger partial charge in [0.2, 0.25) is 0 Å². The molecule has 0 radical (unpaired) electrons. The second kappa shape index (κ2) is 8.92. The monoisotopic (exact) mass is 335 g/mol. The molecule has 2 rings (SSSR count). The molecule has 0 spiro atoms. The van der Waals surface area contributed by atoms with Crippen LogP contribution >= 0.6 is 0 Å². The molecule has 0 atom stereocenters. The number of carboxylic acid groups (broad SMARTS) is 1. The molecule has 0 aromatic heterocycles. The molecule has 0 bridgehead atoms. The number of benzene rings is 2. The standard InChI is InChI=1S/C16H14NO3.O.V/c1-11-7-8-13(16(19)20)9-14(11)10-17-15(18)12-5-3-2-4-6-12;;/h2-5,7-9H,10H2,1H3,(H,17,18)(H,19,20);;/q-1;;. The van der Waals surface area contributed by atoms with Crippen molar-refractivity contribution in [3.8, 4) is 0 Å². The van der Waals surface area contributed by atoms with Gasteiger partial charge < -0.3 is 15.2 Å². The summed E-state index contributed by atoms with van der Waals surface area (Å²) >= 11 is 1.06. The first-order valence-corrected chi connectivity index (χ1v) is 6.91. The van der Waals surface area contributed by atoms with Crippen LogP contribution in [0, 0.1) is 13.0 Å². The number of aryl methyl sites for hydroxylation is 1. The molecule has 0 saturated heterocycles. The molecule has 2 aromatic rings. The first-order valence-electron chi connectivity index (χ1n) is 6.34. The first kappa shape index (κ1) is 17.8. The quantitative estimate of drug-likeness (QED) is 0.840. The summed E-state index contributed by atoms with van der Waals surface area (Å²) in [5, 5.41) is 11.7. The van der Waals surface area contributed by atoms with Crippen LogP contribution in [0.5, 0.6) is 0 Å². The van der Waals surface area contributed by atoms with Crippen LogP contribution < -0.4 is 5.32 Å². The summed E-state index contributed by atoms with van der Waals surface area (Å²) in [5.41, 5.74) is 2.40. The second-order valence-electron chi connectivity index (χ2n) is 4.41. The van der Waals surface area contributed by atoms with E-state index < -0.39 is 5.97 Å². The van der Waals surface area contributed by atoms with Crippen LogP contribution in [0.15, 0.2) is 42.5 Å². The average molecular weight is 335 g/mol. The van der Waals surface area contributed by atoms with Gasteiger partial charge in [-0.2, -0.15) is 0 Å². The Balaban J connectivity index is 0.00000116. The molecule has 113 valence electrons. The van der Waals surface area contributed by atoms with E-state index in [-0.39, 0.29) is 18.0 Å². The van der Waals surface area contributed by atoms with E-state index in [1.54, 1.807) is 42.5 Å². The van der Waals surface area contributed by atoms with Crippen molar-refractivity contribution in [3.05, 3.63) is 70.8 Å². The van der Waals surface area contributed by atoms with Gasteiger partial charge in [-0.1, -0.05) is 11.6 Å². The molecule has 0 aliphatic rings. The van der Waals surface area contributed by atoms with Gasteiger partial charge in [0.25, 0.3) is 0 Å². The van der Waals surface area contributed by atoms with Crippen LogP contribution in [0.2, 0.25) is 0 Å². The molecular formula is C16H14NO4V-. The summed E-state index contributed by atoms with van der Waals surface area (Å²) in [4.78, 5) is 22.8. The van der Waals surface area contributed by atoms with E-state index in [1.807, 2.05) is 6.92 Å². The number of carboxylic acids is 1. The minimum atomic E-state index is -0.978. The van der Waals surface area contributed by atoms with E-state index in [2.05, 4.69) is 11.4 Å². The van der Waals surface area contributed by atoms with Crippen LogP contribution in [-0.2, 0) is 27.6 Å². The van der Waals surface area contributed by atoms with Gasteiger partial charge in [-0.05, 0) is 30.2 Å². The number of amides is 1. The minimum absolute atomic E-state index is 0.214. The molecular weight excluding hydrogens is 321 g/mol. The van der Waals surface area contributed by atoms with Crippen molar-refractivity contribution in [1.82, 2.24) is 5.32 Å². The van der Waals surface area contributed by atoms with Gasteiger partial charge in [0.1, 0.15) is 0 Å². The number of hydrogen-bond acceptors (Lipinski definition) is 3. The number of aromatic carboxylic acids is 1. The van der Waals surface area contributed by atoms with Gasteiger partial charge in [0.15, 0.2) is 5.91 Å². The zero-order valence-corrected chi connectivity index (χ0v) is 13.3. The van der Waals surface area contributed by atoms with E-state index >= 15 is 0 Å². The van der Waals surface area contributed by atoms with Crippen LogP contribution in [0.3, 0.4) is 0 Å². The molecule has 22 heavy (non-hydrogen) atoms. The third kappa shape index (κ3) is 4.95. The Morgan fingerprint density at radius 1 is 1.23 bits per heavy atom. The Hall–Kier alpha value is -2.24. The molecule has 6 heteroatoms. The summed E-state index contributed by atoms with van der Waals surface area (Å²) in [7, 11) is 0. The van der Waals surface area contributed by atoms with Crippen LogP contribution in [0.1, 0.15) is 31.8 Å². The van der Waals surface area contributed by atoms with Crippen molar-refractivity contribution in [2.45, 2.75) is 13.5 Å². The normalized spacial score (nSPS) is 9.27. The van der Waals surface area contributed by atoms with E-state index in [0.717, 1.165) is 28.5 Å². The summed E-state index contributed by atoms with van der Waals surface area (Å²) in [5.74, 6) is -1.21. The van der Waals surface area contributed by atoms with Gasteiger partial charge in [-0.3, -0.25) is 0 Å². The Morgan fingerprint density at radius 3 is 2.55 bits per heavy atom. The number of carbonyl (C=O) groups is 2. The molecule has 2 aromatic carbocycles. The van der Waals surface area contributed by atoms with Crippen molar-refractivity contribution < 1.29 is 35.7 Å². The maximum absolute atomic E-state index is 11.9. The Bertz CT molecular complexity index is 658. The molecule has 2 N–H and O–H groups in total. The summed E-state index contributed by atoms with van der Waals surface area (Å²) < 4.78 is 8.19. The van der Waals surface area contributed by atoms with Crippen molar-refractivity contribution in [2.75, 3.05) is 0 Å². The predicted octanol–water partition coefficient (Wildman–Crippen LogP) is 2.30. The van der Waals surface area contributed by atoms with Crippen molar-refractivity contribution in [1.29, 1.82) is 0 Å². The second-order valence-corrected chi connectivity index (χ2v) is 4.41. The van der Waals surface area contributed by atoms with Crippen molar-refractivity contribution in [2.24, 2.45) is 0 Å². The van der Waals surface area contributed by atoms with E-state index in [1.165, 1.54) is 0 Å². The Morgan fingerprint density at radius 2 is 1.95 bits per heavy atom. The summed E-state index contributed by atoms with van der Waals surface area (Å²) in [6.07, 6.45) is 0. The fourth-order valence-electron chi connectivity index (χ4n) is 1.80. The number of nitrogens with one attached hydrogen (secondary N) is 1. The zero-order valence-electron chi connectivity index (χ0n) is 11.9. The fourth-order valence-corrected chi connectivity index (χ4v) is 1.80. The Kier molecular flexibility index (Phi) is 7.22.